The number of rotatable bonds is 6. The third-order valence-electron chi connectivity index (χ3n) is 5.61. The Morgan fingerprint density at radius 2 is 1.56 bits per heavy atom. The first-order chi connectivity index (χ1) is 16.7. The highest BCUT2D eigenvalue weighted by Gasteiger charge is 2.19. The van der Waals surface area contributed by atoms with Crippen LogP contribution in [0.5, 0.6) is 0 Å². The summed E-state index contributed by atoms with van der Waals surface area (Å²) < 4.78 is 1.22. The second-order valence-corrected chi connectivity index (χ2v) is 7.93. The number of carbonyl (C=O) groups is 1. The molecule has 6 nitrogen and oxygen atoms in total. The number of pyridine rings is 1. The van der Waals surface area contributed by atoms with Crippen LogP contribution in [0.15, 0.2) is 114 Å². The van der Waals surface area contributed by atoms with Gasteiger partial charge in [-0.15, -0.1) is 0 Å². The Kier molecular flexibility index (Phi) is 5.95. The third kappa shape index (κ3) is 4.61. The molecule has 0 radical (unpaired) electrons. The van der Waals surface area contributed by atoms with E-state index in [0.29, 0.717) is 18.1 Å². The zero-order chi connectivity index (χ0) is 23.3. The van der Waals surface area contributed by atoms with Gasteiger partial charge in [0, 0.05) is 17.8 Å². The molecule has 5 aromatic rings. The van der Waals surface area contributed by atoms with Crippen molar-refractivity contribution in [2.45, 2.75) is 13.1 Å². The predicted molar refractivity (Wildman–Crippen MR) is 133 cm³/mol. The van der Waals surface area contributed by atoms with Gasteiger partial charge in [-0.2, -0.15) is 5.10 Å². The zero-order valence-corrected chi connectivity index (χ0v) is 18.4. The van der Waals surface area contributed by atoms with Crippen LogP contribution in [-0.2, 0) is 17.9 Å². The van der Waals surface area contributed by atoms with Gasteiger partial charge in [0.15, 0.2) is 0 Å². The van der Waals surface area contributed by atoms with E-state index in [-0.39, 0.29) is 18.0 Å². The molecule has 1 amide bonds. The van der Waals surface area contributed by atoms with Crippen molar-refractivity contribution in [2.75, 3.05) is 4.90 Å². The number of anilines is 1. The average Bonchev–Trinajstić information content (AvgIpc) is 2.89. The molecular weight excluding hydrogens is 424 g/mol. The van der Waals surface area contributed by atoms with E-state index in [9.17, 15) is 9.59 Å². The lowest BCUT2D eigenvalue weighted by Crippen LogP contribution is -2.37. The molecule has 0 saturated carbocycles. The van der Waals surface area contributed by atoms with Gasteiger partial charge >= 0.3 is 0 Å². The standard InChI is InChI=1S/C28H22N4O2/c33-27-16-15-25(24-14-13-22-10-4-5-11-23(22)18-24)30-32(27)20-28(34)31(26-12-6-7-17-29-26)19-21-8-2-1-3-9-21/h1-18H,19-20H2. The fourth-order valence-corrected chi connectivity index (χ4v) is 3.85. The SMILES string of the molecule is O=C(Cn1nc(-c2ccc3ccccc3c2)ccc1=O)N(Cc1ccccc1)c1ccccn1. The maximum atomic E-state index is 13.4. The number of aromatic nitrogens is 3. The first-order valence-electron chi connectivity index (χ1n) is 11.0. The van der Waals surface area contributed by atoms with E-state index in [1.54, 1.807) is 29.3 Å². The van der Waals surface area contributed by atoms with E-state index in [1.165, 1.54) is 10.7 Å². The van der Waals surface area contributed by atoms with Crippen molar-refractivity contribution < 1.29 is 4.79 Å². The van der Waals surface area contributed by atoms with Crippen molar-refractivity contribution in [3.8, 4) is 11.3 Å². The fourth-order valence-electron chi connectivity index (χ4n) is 3.85. The van der Waals surface area contributed by atoms with Gasteiger partial charge < -0.3 is 0 Å². The Bertz CT molecular complexity index is 1500. The van der Waals surface area contributed by atoms with Crippen LogP contribution in [0.1, 0.15) is 5.56 Å². The summed E-state index contributed by atoms with van der Waals surface area (Å²) in [6.07, 6.45) is 1.64. The minimum absolute atomic E-state index is 0.191. The van der Waals surface area contributed by atoms with Crippen molar-refractivity contribution in [1.29, 1.82) is 0 Å². The molecule has 2 aromatic heterocycles. The number of nitrogens with zero attached hydrogens (tertiary/aromatic N) is 4. The molecule has 0 atom stereocenters. The monoisotopic (exact) mass is 446 g/mol. The van der Waals surface area contributed by atoms with E-state index in [4.69, 9.17) is 0 Å². The fraction of sp³-hybridized carbons (Fsp3) is 0.0714. The Labute approximate surface area is 196 Å². The lowest BCUT2D eigenvalue weighted by atomic mass is 10.1. The largest absolute Gasteiger partial charge is 0.291 e. The van der Waals surface area contributed by atoms with E-state index in [0.717, 1.165) is 21.9 Å². The maximum absolute atomic E-state index is 13.4. The lowest BCUT2D eigenvalue weighted by Gasteiger charge is -2.22. The zero-order valence-electron chi connectivity index (χ0n) is 18.4. The summed E-state index contributed by atoms with van der Waals surface area (Å²) >= 11 is 0. The number of benzene rings is 3. The molecule has 6 heteroatoms. The molecule has 166 valence electrons. The van der Waals surface area contributed by atoms with Gasteiger partial charge in [0.2, 0.25) is 5.91 Å². The van der Waals surface area contributed by atoms with Crippen LogP contribution < -0.4 is 10.5 Å². The van der Waals surface area contributed by atoms with Gasteiger partial charge in [-0.25, -0.2) is 9.67 Å². The van der Waals surface area contributed by atoms with E-state index in [1.807, 2.05) is 78.9 Å². The van der Waals surface area contributed by atoms with Crippen molar-refractivity contribution >= 4 is 22.5 Å². The predicted octanol–water partition coefficient (Wildman–Crippen LogP) is 4.69. The second kappa shape index (κ2) is 9.50. The summed E-state index contributed by atoms with van der Waals surface area (Å²) in [6.45, 7) is 0.152. The van der Waals surface area contributed by atoms with Gasteiger partial charge in [-0.3, -0.25) is 14.5 Å². The summed E-state index contributed by atoms with van der Waals surface area (Å²) in [5.41, 5.74) is 2.14. The van der Waals surface area contributed by atoms with E-state index < -0.39 is 0 Å². The quantitative estimate of drug-likeness (QED) is 0.379. The lowest BCUT2D eigenvalue weighted by molar-refractivity contribution is -0.119. The van der Waals surface area contributed by atoms with Crippen LogP contribution in [0, 0.1) is 0 Å². The molecule has 0 unspecified atom stereocenters. The highest BCUT2D eigenvalue weighted by Crippen LogP contribution is 2.22. The minimum Gasteiger partial charge on any atom is -0.291 e. The van der Waals surface area contributed by atoms with Crippen molar-refractivity contribution in [2.24, 2.45) is 0 Å². The van der Waals surface area contributed by atoms with Gasteiger partial charge in [0.05, 0.1) is 12.2 Å². The molecular formula is C28H22N4O2. The van der Waals surface area contributed by atoms with Gasteiger partial charge in [0.1, 0.15) is 12.4 Å². The molecule has 0 aliphatic carbocycles. The van der Waals surface area contributed by atoms with Crippen LogP contribution >= 0.6 is 0 Å². The van der Waals surface area contributed by atoms with Crippen molar-refractivity contribution in [3.05, 3.63) is 125 Å². The first-order valence-corrected chi connectivity index (χ1v) is 11.0. The normalized spacial score (nSPS) is 10.8. The van der Waals surface area contributed by atoms with Gasteiger partial charge in [-0.05, 0) is 40.6 Å². The smallest absolute Gasteiger partial charge is 0.267 e. The first kappa shape index (κ1) is 21.3. The number of fused-ring (bicyclic) bond motifs is 1. The van der Waals surface area contributed by atoms with E-state index in [2.05, 4.69) is 10.1 Å². The number of amides is 1. The summed E-state index contributed by atoms with van der Waals surface area (Å²) in [4.78, 5) is 31.9. The van der Waals surface area contributed by atoms with Crippen molar-refractivity contribution in [3.63, 3.8) is 0 Å². The van der Waals surface area contributed by atoms with Gasteiger partial charge in [0.25, 0.3) is 5.56 Å². The summed E-state index contributed by atoms with van der Waals surface area (Å²) in [6, 6.07) is 32.3. The Morgan fingerprint density at radius 3 is 2.35 bits per heavy atom. The summed E-state index contributed by atoms with van der Waals surface area (Å²) in [7, 11) is 0. The number of carbonyl (C=O) groups excluding carboxylic acids is 1. The average molecular weight is 447 g/mol. The molecule has 0 spiro atoms. The third-order valence-corrected chi connectivity index (χ3v) is 5.61. The number of hydrogen-bond acceptors (Lipinski definition) is 4. The maximum Gasteiger partial charge on any atom is 0.267 e. The molecule has 0 aliphatic heterocycles. The highest BCUT2D eigenvalue weighted by atomic mass is 16.2. The number of hydrogen-bond donors (Lipinski definition) is 0. The summed E-state index contributed by atoms with van der Waals surface area (Å²) in [5, 5.41) is 6.72. The van der Waals surface area contributed by atoms with Crippen molar-refractivity contribution in [1.82, 2.24) is 14.8 Å². The topological polar surface area (TPSA) is 68.1 Å². The molecule has 0 N–H and O–H groups in total. The minimum atomic E-state index is -0.335. The van der Waals surface area contributed by atoms with E-state index >= 15 is 0 Å². The molecule has 0 aliphatic rings. The molecule has 2 heterocycles. The highest BCUT2D eigenvalue weighted by molar-refractivity contribution is 5.92. The Morgan fingerprint density at radius 1 is 0.794 bits per heavy atom. The molecule has 0 saturated heterocycles. The van der Waals surface area contributed by atoms with Crippen LogP contribution in [0.3, 0.4) is 0 Å². The van der Waals surface area contributed by atoms with Crippen LogP contribution in [0.25, 0.3) is 22.0 Å². The second-order valence-electron chi connectivity index (χ2n) is 7.93. The van der Waals surface area contributed by atoms with Gasteiger partial charge in [-0.1, -0.05) is 72.8 Å². The Hall–Kier alpha value is -4.58. The van der Waals surface area contributed by atoms with Crippen LogP contribution in [0.4, 0.5) is 5.82 Å². The Balaban J connectivity index is 1.45. The molecule has 5 rings (SSSR count). The molecule has 3 aromatic carbocycles. The van der Waals surface area contributed by atoms with Crippen LogP contribution in [0.2, 0.25) is 0 Å². The summed E-state index contributed by atoms with van der Waals surface area (Å²) in [5.74, 6) is 0.253. The van der Waals surface area contributed by atoms with Crippen LogP contribution in [-0.4, -0.2) is 20.7 Å². The molecule has 0 bridgehead atoms. The molecule has 34 heavy (non-hydrogen) atoms. The molecule has 0 fully saturated rings.